The third-order valence-corrected chi connectivity index (χ3v) is 4.95. The van der Waals surface area contributed by atoms with Gasteiger partial charge in [0.15, 0.2) is 5.78 Å². The van der Waals surface area contributed by atoms with E-state index in [1.54, 1.807) is 6.20 Å². The first-order chi connectivity index (χ1) is 11.9. The first-order valence-corrected chi connectivity index (χ1v) is 8.56. The number of Topliss-reactive ketones (excluding diaryl/α,β-unsaturated/α-hetero) is 1. The Balaban J connectivity index is 1.66. The van der Waals surface area contributed by atoms with Crippen molar-refractivity contribution in [3.05, 3.63) is 40.7 Å². The van der Waals surface area contributed by atoms with Crippen molar-refractivity contribution < 1.29 is 9.59 Å². The van der Waals surface area contributed by atoms with Crippen LogP contribution in [0.4, 0.5) is 0 Å². The van der Waals surface area contributed by atoms with Gasteiger partial charge in [0.05, 0.1) is 17.8 Å². The van der Waals surface area contributed by atoms with Crippen molar-refractivity contribution >= 4 is 11.7 Å². The summed E-state index contributed by atoms with van der Waals surface area (Å²) in [5.41, 5.74) is 2.70. The molecule has 1 fully saturated rings. The minimum atomic E-state index is -0.0421. The molecule has 0 atom stereocenters. The number of rotatable bonds is 4. The second-order valence-electron chi connectivity index (χ2n) is 6.70. The molecule has 0 aromatic carbocycles. The van der Waals surface area contributed by atoms with Crippen LogP contribution in [0.1, 0.15) is 44.9 Å². The quantitative estimate of drug-likeness (QED) is 0.855. The Morgan fingerprint density at radius 1 is 1.20 bits per heavy atom. The lowest BCUT2D eigenvalue weighted by Gasteiger charge is -2.34. The van der Waals surface area contributed by atoms with E-state index < -0.39 is 0 Å². The van der Waals surface area contributed by atoms with E-state index in [0.717, 1.165) is 36.7 Å². The number of aromatic nitrogens is 3. The number of ketones is 1. The maximum absolute atomic E-state index is 12.9. The van der Waals surface area contributed by atoms with Gasteiger partial charge in [-0.3, -0.25) is 14.5 Å². The number of imidazole rings is 1. The molecular formula is C18H25N5O2. The number of aromatic amines is 1. The summed E-state index contributed by atoms with van der Waals surface area (Å²) in [4.78, 5) is 36.2. The van der Waals surface area contributed by atoms with Crippen LogP contribution in [-0.4, -0.2) is 62.2 Å². The molecule has 1 saturated heterocycles. The van der Waals surface area contributed by atoms with Crippen LogP contribution in [0.15, 0.2) is 12.4 Å². The average Bonchev–Trinajstić information content (AvgIpc) is 3.11. The van der Waals surface area contributed by atoms with Crippen molar-refractivity contribution in [3.63, 3.8) is 0 Å². The normalized spacial score (nSPS) is 15.6. The number of carbonyl (C=O) groups excluding carboxylic acids is 2. The summed E-state index contributed by atoms with van der Waals surface area (Å²) in [5, 5.41) is 0. The maximum atomic E-state index is 12.9. The Morgan fingerprint density at radius 2 is 1.88 bits per heavy atom. The number of carbonyl (C=O) groups is 2. The van der Waals surface area contributed by atoms with Crippen LogP contribution in [0.2, 0.25) is 0 Å². The Labute approximate surface area is 147 Å². The van der Waals surface area contributed by atoms with E-state index in [1.807, 2.05) is 36.6 Å². The highest BCUT2D eigenvalue weighted by Crippen LogP contribution is 2.21. The van der Waals surface area contributed by atoms with E-state index in [2.05, 4.69) is 14.9 Å². The van der Waals surface area contributed by atoms with Gasteiger partial charge >= 0.3 is 0 Å². The Kier molecular flexibility index (Phi) is 4.76. The summed E-state index contributed by atoms with van der Waals surface area (Å²) in [6.45, 7) is 9.01. The molecule has 0 unspecified atom stereocenters. The van der Waals surface area contributed by atoms with Crippen molar-refractivity contribution in [2.24, 2.45) is 7.05 Å². The molecule has 0 spiro atoms. The van der Waals surface area contributed by atoms with Crippen molar-refractivity contribution in [1.82, 2.24) is 24.3 Å². The molecule has 2 aromatic heterocycles. The van der Waals surface area contributed by atoms with Gasteiger partial charge in [0.25, 0.3) is 5.91 Å². The maximum Gasteiger partial charge on any atom is 0.256 e. The second kappa shape index (κ2) is 6.84. The third kappa shape index (κ3) is 3.37. The zero-order chi connectivity index (χ0) is 18.1. The molecule has 3 rings (SSSR count). The predicted octanol–water partition coefficient (Wildman–Crippen LogP) is 1.53. The highest BCUT2D eigenvalue weighted by atomic mass is 16.2. The fourth-order valence-corrected chi connectivity index (χ4v) is 3.44. The van der Waals surface area contributed by atoms with Gasteiger partial charge < -0.3 is 14.5 Å². The van der Waals surface area contributed by atoms with E-state index in [0.29, 0.717) is 24.3 Å². The summed E-state index contributed by atoms with van der Waals surface area (Å²) >= 11 is 0. The fourth-order valence-electron chi connectivity index (χ4n) is 3.44. The molecule has 0 saturated carbocycles. The first kappa shape index (κ1) is 17.4. The van der Waals surface area contributed by atoms with Gasteiger partial charge in [-0.25, -0.2) is 4.98 Å². The highest BCUT2D eigenvalue weighted by Gasteiger charge is 2.27. The molecule has 7 nitrogen and oxygen atoms in total. The van der Waals surface area contributed by atoms with E-state index in [1.165, 1.54) is 6.92 Å². The van der Waals surface area contributed by atoms with Crippen LogP contribution >= 0.6 is 0 Å². The minimum Gasteiger partial charge on any atom is -0.355 e. The van der Waals surface area contributed by atoms with Crippen molar-refractivity contribution in [2.45, 2.75) is 27.3 Å². The van der Waals surface area contributed by atoms with Crippen LogP contribution in [0.3, 0.4) is 0 Å². The van der Waals surface area contributed by atoms with Gasteiger partial charge in [-0.05, 0) is 19.4 Å². The largest absolute Gasteiger partial charge is 0.355 e. The van der Waals surface area contributed by atoms with Crippen LogP contribution in [0.25, 0.3) is 0 Å². The minimum absolute atomic E-state index is 0.00962. The second-order valence-corrected chi connectivity index (χ2v) is 6.70. The van der Waals surface area contributed by atoms with Gasteiger partial charge in [0, 0.05) is 58.2 Å². The van der Waals surface area contributed by atoms with Crippen LogP contribution in [-0.2, 0) is 13.6 Å². The molecule has 1 amide bonds. The molecule has 3 heterocycles. The molecule has 1 aliphatic rings. The van der Waals surface area contributed by atoms with Gasteiger partial charge in [0.2, 0.25) is 0 Å². The number of nitrogens with zero attached hydrogens (tertiary/aromatic N) is 4. The van der Waals surface area contributed by atoms with Crippen molar-refractivity contribution in [2.75, 3.05) is 26.2 Å². The lowest BCUT2D eigenvalue weighted by molar-refractivity contribution is 0.0623. The molecule has 2 aromatic rings. The number of piperazine rings is 1. The highest BCUT2D eigenvalue weighted by molar-refractivity contribution is 6.02. The lowest BCUT2D eigenvalue weighted by Crippen LogP contribution is -2.48. The third-order valence-electron chi connectivity index (χ3n) is 4.95. The molecule has 7 heteroatoms. The van der Waals surface area contributed by atoms with Gasteiger partial charge in [-0.2, -0.15) is 0 Å². The van der Waals surface area contributed by atoms with Crippen LogP contribution in [0.5, 0.6) is 0 Å². The number of H-pyrrole nitrogens is 1. The molecule has 0 radical (unpaired) electrons. The van der Waals surface area contributed by atoms with E-state index in [-0.39, 0.29) is 11.7 Å². The Hall–Kier alpha value is -2.41. The molecule has 25 heavy (non-hydrogen) atoms. The van der Waals surface area contributed by atoms with Gasteiger partial charge in [-0.15, -0.1) is 0 Å². The summed E-state index contributed by atoms with van der Waals surface area (Å²) < 4.78 is 2.02. The summed E-state index contributed by atoms with van der Waals surface area (Å²) in [6.07, 6.45) is 3.75. The number of amides is 1. The lowest BCUT2D eigenvalue weighted by atomic mass is 10.1. The average molecular weight is 343 g/mol. The summed E-state index contributed by atoms with van der Waals surface area (Å²) in [6, 6.07) is 0. The molecule has 0 aliphatic carbocycles. The zero-order valence-corrected chi connectivity index (χ0v) is 15.3. The Morgan fingerprint density at radius 3 is 2.40 bits per heavy atom. The fraction of sp³-hybridized carbons (Fsp3) is 0.500. The zero-order valence-electron chi connectivity index (χ0n) is 15.3. The number of nitrogens with one attached hydrogen (secondary N) is 1. The number of hydrogen-bond donors (Lipinski definition) is 1. The van der Waals surface area contributed by atoms with E-state index in [9.17, 15) is 9.59 Å². The van der Waals surface area contributed by atoms with Crippen molar-refractivity contribution in [1.29, 1.82) is 0 Å². The molecule has 1 N–H and O–H groups in total. The van der Waals surface area contributed by atoms with E-state index >= 15 is 0 Å². The molecule has 1 aliphatic heterocycles. The number of hydrogen-bond acceptors (Lipinski definition) is 4. The van der Waals surface area contributed by atoms with Crippen LogP contribution < -0.4 is 0 Å². The Bertz CT molecular complexity index is 796. The predicted molar refractivity (Wildman–Crippen MR) is 94.7 cm³/mol. The monoisotopic (exact) mass is 343 g/mol. The van der Waals surface area contributed by atoms with E-state index in [4.69, 9.17) is 0 Å². The molecule has 0 bridgehead atoms. The van der Waals surface area contributed by atoms with Crippen molar-refractivity contribution in [3.8, 4) is 0 Å². The summed E-state index contributed by atoms with van der Waals surface area (Å²) in [5.74, 6) is 0.998. The van der Waals surface area contributed by atoms with Crippen LogP contribution in [0, 0.1) is 13.8 Å². The molecular weight excluding hydrogens is 318 g/mol. The number of aryl methyl sites for hydroxylation is 2. The summed E-state index contributed by atoms with van der Waals surface area (Å²) in [7, 11) is 1.99. The SMILES string of the molecule is CC(=O)c1[nH]c(C)c(C(=O)N2CCN(Cc3nccn3C)CC2)c1C. The van der Waals surface area contributed by atoms with Gasteiger partial charge in [-0.1, -0.05) is 0 Å². The first-order valence-electron chi connectivity index (χ1n) is 8.56. The van der Waals surface area contributed by atoms with Gasteiger partial charge in [0.1, 0.15) is 5.82 Å². The topological polar surface area (TPSA) is 74.2 Å². The molecule has 134 valence electrons. The standard InChI is InChI=1S/C18H25N5O2/c1-12-16(13(2)20-17(12)14(3)24)18(25)23-9-7-22(8-10-23)11-15-19-5-6-21(15)4/h5-6,20H,7-11H2,1-4H3. The smallest absolute Gasteiger partial charge is 0.256 e.